The Morgan fingerprint density at radius 2 is 2.28 bits per heavy atom. The summed E-state index contributed by atoms with van der Waals surface area (Å²) in [6.45, 7) is 5.65. The topological polar surface area (TPSA) is 24.9 Å². The van der Waals surface area contributed by atoms with Crippen LogP contribution in [-0.4, -0.2) is 17.6 Å². The number of aryl methyl sites for hydroxylation is 1. The van der Waals surface area contributed by atoms with Gasteiger partial charge < -0.3 is 5.32 Å². The Morgan fingerprint density at radius 3 is 3.06 bits per heavy atom. The Morgan fingerprint density at radius 1 is 1.39 bits per heavy atom. The molecule has 1 aromatic rings. The molecule has 2 rings (SSSR count). The lowest BCUT2D eigenvalue weighted by Gasteiger charge is -2.32. The second kappa shape index (κ2) is 6.89. The van der Waals surface area contributed by atoms with Gasteiger partial charge in [0.25, 0.3) is 0 Å². The zero-order valence-electron chi connectivity index (χ0n) is 11.8. The van der Waals surface area contributed by atoms with Gasteiger partial charge in [0.1, 0.15) is 0 Å². The molecule has 18 heavy (non-hydrogen) atoms. The van der Waals surface area contributed by atoms with E-state index in [-0.39, 0.29) is 0 Å². The molecule has 1 aliphatic carbocycles. The van der Waals surface area contributed by atoms with Crippen molar-refractivity contribution in [1.82, 2.24) is 10.3 Å². The molecule has 0 radical (unpaired) electrons. The summed E-state index contributed by atoms with van der Waals surface area (Å²) in [4.78, 5) is 4.67. The van der Waals surface area contributed by atoms with Gasteiger partial charge in [0.2, 0.25) is 0 Å². The highest BCUT2D eigenvalue weighted by molar-refractivity contribution is 5.27. The first-order valence-corrected chi connectivity index (χ1v) is 7.54. The number of hydrogen-bond donors (Lipinski definition) is 1. The third-order valence-electron chi connectivity index (χ3n) is 3.98. The lowest BCUT2D eigenvalue weighted by molar-refractivity contribution is 0.364. The molecular formula is C16H26N2. The number of pyridine rings is 1. The second-order valence-electron chi connectivity index (χ2n) is 5.40. The highest BCUT2D eigenvalue weighted by Gasteiger charge is 2.27. The summed E-state index contributed by atoms with van der Waals surface area (Å²) in [5.74, 6) is 0.626. The van der Waals surface area contributed by atoms with E-state index < -0.39 is 0 Å². The Balaban J connectivity index is 2.15. The third kappa shape index (κ3) is 3.11. The van der Waals surface area contributed by atoms with Crippen molar-refractivity contribution >= 4 is 0 Å². The van der Waals surface area contributed by atoms with E-state index >= 15 is 0 Å². The molecule has 0 spiro atoms. The molecule has 1 heterocycles. The lowest BCUT2D eigenvalue weighted by atomic mass is 9.80. The van der Waals surface area contributed by atoms with E-state index in [4.69, 9.17) is 0 Å². The number of rotatable bonds is 6. The molecule has 100 valence electrons. The highest BCUT2D eigenvalue weighted by atomic mass is 14.9. The first-order valence-electron chi connectivity index (χ1n) is 7.54. The summed E-state index contributed by atoms with van der Waals surface area (Å²) in [6, 6.07) is 4.95. The predicted molar refractivity (Wildman–Crippen MR) is 76.9 cm³/mol. The van der Waals surface area contributed by atoms with E-state index in [9.17, 15) is 0 Å². The van der Waals surface area contributed by atoms with Crippen LogP contribution in [0.2, 0.25) is 0 Å². The molecule has 0 aromatic carbocycles. The maximum Gasteiger partial charge on any atom is 0.0481 e. The fourth-order valence-electron chi connectivity index (χ4n) is 3.12. The van der Waals surface area contributed by atoms with Crippen LogP contribution < -0.4 is 5.32 Å². The van der Waals surface area contributed by atoms with E-state index in [1.807, 2.05) is 6.20 Å². The minimum absolute atomic E-state index is 0.615. The summed E-state index contributed by atoms with van der Waals surface area (Å²) >= 11 is 0. The molecule has 2 heteroatoms. The van der Waals surface area contributed by atoms with Gasteiger partial charge in [0.05, 0.1) is 0 Å². The van der Waals surface area contributed by atoms with Crippen LogP contribution in [0.1, 0.15) is 63.1 Å². The van der Waals surface area contributed by atoms with Gasteiger partial charge in [-0.25, -0.2) is 0 Å². The van der Waals surface area contributed by atoms with Crippen molar-refractivity contribution in [2.75, 3.05) is 6.54 Å². The summed E-state index contributed by atoms with van der Waals surface area (Å²) in [5, 5.41) is 3.74. The van der Waals surface area contributed by atoms with E-state index in [1.54, 1.807) is 0 Å². The first kappa shape index (κ1) is 13.5. The van der Waals surface area contributed by atoms with Crippen molar-refractivity contribution in [2.45, 2.75) is 64.3 Å². The number of hydrogen-bond acceptors (Lipinski definition) is 2. The first-order chi connectivity index (χ1) is 8.86. The Kier molecular flexibility index (Phi) is 5.18. The van der Waals surface area contributed by atoms with Crippen LogP contribution >= 0.6 is 0 Å². The fourth-order valence-corrected chi connectivity index (χ4v) is 3.12. The number of fused-ring (bicyclic) bond motifs is 1. The molecule has 0 fully saturated rings. The Hall–Kier alpha value is -0.890. The largest absolute Gasteiger partial charge is 0.313 e. The summed E-state index contributed by atoms with van der Waals surface area (Å²) in [5.41, 5.74) is 2.85. The van der Waals surface area contributed by atoms with Gasteiger partial charge >= 0.3 is 0 Å². The molecular weight excluding hydrogens is 220 g/mol. The lowest BCUT2D eigenvalue weighted by Crippen LogP contribution is -2.37. The van der Waals surface area contributed by atoms with Gasteiger partial charge in [-0.2, -0.15) is 0 Å². The molecule has 0 amide bonds. The van der Waals surface area contributed by atoms with Crippen LogP contribution in [0.15, 0.2) is 18.3 Å². The van der Waals surface area contributed by atoms with Crippen molar-refractivity contribution in [3.05, 3.63) is 29.6 Å². The van der Waals surface area contributed by atoms with Gasteiger partial charge in [-0.3, -0.25) is 4.98 Å². The minimum atomic E-state index is 0.615. The van der Waals surface area contributed by atoms with Gasteiger partial charge in [-0.05, 0) is 50.3 Å². The molecule has 2 unspecified atom stereocenters. The average Bonchev–Trinajstić information content (AvgIpc) is 2.43. The van der Waals surface area contributed by atoms with Crippen LogP contribution in [0.5, 0.6) is 0 Å². The van der Waals surface area contributed by atoms with E-state index in [2.05, 4.69) is 36.3 Å². The van der Waals surface area contributed by atoms with Crippen molar-refractivity contribution in [3.8, 4) is 0 Å². The zero-order valence-corrected chi connectivity index (χ0v) is 11.8. The number of aromatic nitrogens is 1. The molecule has 0 saturated carbocycles. The predicted octanol–water partition coefficient (Wildman–Crippen LogP) is 3.67. The quantitative estimate of drug-likeness (QED) is 0.828. The van der Waals surface area contributed by atoms with Gasteiger partial charge in [-0.1, -0.05) is 26.3 Å². The second-order valence-corrected chi connectivity index (χ2v) is 5.40. The summed E-state index contributed by atoms with van der Waals surface area (Å²) in [6.07, 6.45) is 9.51. The maximum absolute atomic E-state index is 4.67. The Labute approximate surface area is 111 Å². The van der Waals surface area contributed by atoms with Gasteiger partial charge in [0.15, 0.2) is 0 Å². The monoisotopic (exact) mass is 246 g/mol. The smallest absolute Gasteiger partial charge is 0.0481 e. The van der Waals surface area contributed by atoms with Crippen molar-refractivity contribution < 1.29 is 0 Å². The fraction of sp³-hybridized carbons (Fsp3) is 0.688. The SMILES string of the molecule is CCCNC(CCC)C1CCCc2cccnc21. The Bertz CT molecular complexity index is 362. The summed E-state index contributed by atoms with van der Waals surface area (Å²) in [7, 11) is 0. The van der Waals surface area contributed by atoms with Crippen LogP contribution in [0, 0.1) is 0 Å². The number of nitrogens with one attached hydrogen (secondary N) is 1. The van der Waals surface area contributed by atoms with Gasteiger partial charge in [-0.15, -0.1) is 0 Å². The molecule has 2 atom stereocenters. The van der Waals surface area contributed by atoms with Crippen LogP contribution in [0.4, 0.5) is 0 Å². The van der Waals surface area contributed by atoms with E-state index in [1.165, 1.54) is 49.8 Å². The standard InChI is InChI=1S/C16H26N2/c1-3-7-15(17-11-4-2)14-10-5-8-13-9-6-12-18-16(13)14/h6,9,12,14-15,17H,3-5,7-8,10-11H2,1-2H3. The van der Waals surface area contributed by atoms with Crippen LogP contribution in [0.25, 0.3) is 0 Å². The van der Waals surface area contributed by atoms with E-state index in [0.717, 1.165) is 6.54 Å². The molecule has 0 bridgehead atoms. The maximum atomic E-state index is 4.67. The summed E-state index contributed by atoms with van der Waals surface area (Å²) < 4.78 is 0. The van der Waals surface area contributed by atoms with Crippen LogP contribution in [-0.2, 0) is 6.42 Å². The van der Waals surface area contributed by atoms with Crippen molar-refractivity contribution in [2.24, 2.45) is 0 Å². The zero-order chi connectivity index (χ0) is 12.8. The third-order valence-corrected chi connectivity index (χ3v) is 3.98. The molecule has 1 aromatic heterocycles. The highest BCUT2D eigenvalue weighted by Crippen LogP contribution is 2.33. The van der Waals surface area contributed by atoms with Crippen molar-refractivity contribution in [1.29, 1.82) is 0 Å². The van der Waals surface area contributed by atoms with Crippen molar-refractivity contribution in [3.63, 3.8) is 0 Å². The average molecular weight is 246 g/mol. The number of nitrogens with zero attached hydrogens (tertiary/aromatic N) is 1. The molecule has 2 nitrogen and oxygen atoms in total. The van der Waals surface area contributed by atoms with Crippen LogP contribution in [0.3, 0.4) is 0 Å². The van der Waals surface area contributed by atoms with Gasteiger partial charge in [0, 0.05) is 23.9 Å². The molecule has 0 saturated heterocycles. The molecule has 1 N–H and O–H groups in total. The minimum Gasteiger partial charge on any atom is -0.313 e. The normalized spacial score (nSPS) is 20.4. The van der Waals surface area contributed by atoms with E-state index in [0.29, 0.717) is 12.0 Å². The molecule has 0 aliphatic heterocycles. The molecule has 1 aliphatic rings.